The summed E-state index contributed by atoms with van der Waals surface area (Å²) in [5.74, 6) is -1.11. The highest BCUT2D eigenvalue weighted by Crippen LogP contribution is 2.37. The number of oxime groups is 1. The van der Waals surface area contributed by atoms with E-state index in [0.717, 1.165) is 22.4 Å². The molecule has 3 heterocycles. The summed E-state index contributed by atoms with van der Waals surface area (Å²) in [7, 11) is 0. The van der Waals surface area contributed by atoms with Crippen LogP contribution in [-0.4, -0.2) is 66.6 Å². The summed E-state index contributed by atoms with van der Waals surface area (Å²) in [6.45, 7) is 3.85. The Balaban J connectivity index is 1.74. The number of aliphatic hydroxyl groups excluding tert-OH is 2. The number of nitrogens with zero attached hydrogens (tertiary/aromatic N) is 4. The van der Waals surface area contributed by atoms with Gasteiger partial charge in [-0.25, -0.2) is 9.67 Å². The fourth-order valence-corrected chi connectivity index (χ4v) is 3.93. The van der Waals surface area contributed by atoms with E-state index < -0.39 is 11.6 Å². The Kier molecular flexibility index (Phi) is 4.91. The average molecular weight is 403 g/mol. The van der Waals surface area contributed by atoms with E-state index in [1.54, 1.807) is 6.20 Å². The fourth-order valence-electron chi connectivity index (χ4n) is 3.93. The molecule has 0 unspecified atom stereocenters. The van der Waals surface area contributed by atoms with Crippen LogP contribution in [0.2, 0.25) is 0 Å². The highest BCUT2D eigenvalue weighted by atomic mass is 16.7. The van der Waals surface area contributed by atoms with Gasteiger partial charge in [-0.05, 0) is 26.7 Å². The number of anilines is 1. The van der Waals surface area contributed by atoms with Gasteiger partial charge in [-0.2, -0.15) is 5.10 Å². The molecule has 0 saturated heterocycles. The van der Waals surface area contributed by atoms with E-state index in [1.807, 2.05) is 18.5 Å². The smallest absolute Gasteiger partial charge is 0.306 e. The van der Waals surface area contributed by atoms with Crippen LogP contribution < -0.4 is 5.32 Å². The molecule has 10 heteroatoms. The normalized spacial score (nSPS) is 22.8. The number of nitrogens with one attached hydrogen (secondary N) is 1. The Bertz CT molecular complexity index is 975. The zero-order chi connectivity index (χ0) is 20.8. The van der Waals surface area contributed by atoms with Gasteiger partial charge in [0.25, 0.3) is 0 Å². The SMILES string of the molecule is CCn1nc(C)c2c(NC3CC(C(=O)O)C3)c(C3=NOC(CO)(CO)C3)cnc21. The number of carboxylic acids is 1. The lowest BCUT2D eigenvalue weighted by Gasteiger charge is -2.34. The molecule has 0 radical (unpaired) electrons. The summed E-state index contributed by atoms with van der Waals surface area (Å²) in [4.78, 5) is 21.1. The highest BCUT2D eigenvalue weighted by molar-refractivity contribution is 6.11. The first-order chi connectivity index (χ1) is 13.9. The minimum Gasteiger partial charge on any atom is -0.481 e. The maximum absolute atomic E-state index is 11.2. The van der Waals surface area contributed by atoms with Crippen molar-refractivity contribution in [3.05, 3.63) is 17.5 Å². The largest absolute Gasteiger partial charge is 0.481 e. The van der Waals surface area contributed by atoms with Crippen molar-refractivity contribution in [1.82, 2.24) is 14.8 Å². The van der Waals surface area contributed by atoms with Gasteiger partial charge in [0.1, 0.15) is 0 Å². The Morgan fingerprint density at radius 3 is 2.69 bits per heavy atom. The first-order valence-corrected chi connectivity index (χ1v) is 9.74. The van der Waals surface area contributed by atoms with Crippen LogP contribution in [0, 0.1) is 12.8 Å². The predicted molar refractivity (Wildman–Crippen MR) is 105 cm³/mol. The molecule has 1 aliphatic carbocycles. The fraction of sp³-hybridized carbons (Fsp3) is 0.579. The first kappa shape index (κ1) is 19.6. The summed E-state index contributed by atoms with van der Waals surface area (Å²) < 4.78 is 1.82. The zero-order valence-corrected chi connectivity index (χ0v) is 16.4. The minimum absolute atomic E-state index is 0.0215. The van der Waals surface area contributed by atoms with Crippen LogP contribution >= 0.6 is 0 Å². The number of aliphatic carboxylic acids is 1. The molecule has 10 nitrogen and oxygen atoms in total. The number of hydrogen-bond acceptors (Lipinski definition) is 8. The summed E-state index contributed by atoms with van der Waals surface area (Å²) >= 11 is 0. The van der Waals surface area contributed by atoms with Crippen molar-refractivity contribution in [2.75, 3.05) is 18.5 Å². The second-order valence-electron chi connectivity index (χ2n) is 7.80. The molecule has 0 atom stereocenters. The van der Waals surface area contributed by atoms with E-state index >= 15 is 0 Å². The van der Waals surface area contributed by atoms with Crippen molar-refractivity contribution in [2.45, 2.75) is 51.3 Å². The van der Waals surface area contributed by atoms with Crippen LogP contribution in [0.3, 0.4) is 0 Å². The summed E-state index contributed by atoms with van der Waals surface area (Å²) in [6.07, 6.45) is 3.02. The number of aliphatic hydroxyl groups is 2. The monoisotopic (exact) mass is 403 g/mol. The van der Waals surface area contributed by atoms with Crippen LogP contribution in [0.25, 0.3) is 11.0 Å². The maximum Gasteiger partial charge on any atom is 0.306 e. The molecule has 1 fully saturated rings. The Hall–Kier alpha value is -2.72. The molecule has 2 aliphatic rings. The molecule has 156 valence electrons. The van der Waals surface area contributed by atoms with Gasteiger partial charge in [0.2, 0.25) is 0 Å². The lowest BCUT2D eigenvalue weighted by atomic mass is 9.80. The third-order valence-electron chi connectivity index (χ3n) is 5.80. The van der Waals surface area contributed by atoms with E-state index in [4.69, 9.17) is 4.84 Å². The molecule has 0 aromatic carbocycles. The number of pyridine rings is 1. The van der Waals surface area contributed by atoms with E-state index in [0.29, 0.717) is 30.7 Å². The van der Waals surface area contributed by atoms with Crippen molar-refractivity contribution in [3.63, 3.8) is 0 Å². The topological polar surface area (TPSA) is 142 Å². The van der Waals surface area contributed by atoms with Gasteiger partial charge in [0, 0.05) is 30.8 Å². The van der Waals surface area contributed by atoms with Gasteiger partial charge in [0.15, 0.2) is 11.2 Å². The van der Waals surface area contributed by atoms with Gasteiger partial charge >= 0.3 is 5.97 Å². The lowest BCUT2D eigenvalue weighted by molar-refractivity contribution is -0.144. The highest BCUT2D eigenvalue weighted by Gasteiger charge is 2.41. The molecule has 0 amide bonds. The summed E-state index contributed by atoms with van der Waals surface area (Å²) in [5.41, 5.74) is 2.47. The molecule has 1 aliphatic heterocycles. The first-order valence-electron chi connectivity index (χ1n) is 9.74. The van der Waals surface area contributed by atoms with Crippen molar-refractivity contribution in [2.24, 2.45) is 11.1 Å². The van der Waals surface area contributed by atoms with Crippen LogP contribution in [-0.2, 0) is 16.2 Å². The summed E-state index contributed by atoms with van der Waals surface area (Å²) in [5, 5.41) is 41.4. The number of carbonyl (C=O) groups is 1. The molecule has 0 bridgehead atoms. The number of aryl methyl sites for hydroxylation is 2. The molecule has 1 saturated carbocycles. The Labute approximate surface area is 167 Å². The van der Waals surface area contributed by atoms with Gasteiger partial charge in [-0.3, -0.25) is 4.79 Å². The van der Waals surface area contributed by atoms with E-state index in [-0.39, 0.29) is 31.6 Å². The Morgan fingerprint density at radius 2 is 2.10 bits per heavy atom. The van der Waals surface area contributed by atoms with Crippen molar-refractivity contribution in [1.29, 1.82) is 0 Å². The second kappa shape index (κ2) is 7.27. The van der Waals surface area contributed by atoms with E-state index in [9.17, 15) is 20.1 Å². The maximum atomic E-state index is 11.2. The number of hydrogen-bond donors (Lipinski definition) is 4. The van der Waals surface area contributed by atoms with Crippen LogP contribution in [0.4, 0.5) is 5.69 Å². The minimum atomic E-state index is -1.14. The van der Waals surface area contributed by atoms with E-state index in [1.165, 1.54) is 0 Å². The third-order valence-corrected chi connectivity index (χ3v) is 5.80. The van der Waals surface area contributed by atoms with Gasteiger partial charge in [-0.15, -0.1) is 0 Å². The summed E-state index contributed by atoms with van der Waals surface area (Å²) in [6, 6.07) is 0.0215. The zero-order valence-electron chi connectivity index (χ0n) is 16.4. The standard InChI is InChI=1S/C19H25N5O5/c1-3-24-17-15(10(2)22-24)16(21-12-4-11(5-12)18(27)28)13(7-20-17)14-6-19(8-25,9-26)29-23-14/h7,11-12,25-26H,3-6,8-9H2,1-2H3,(H,20,21)(H,27,28). The molecule has 29 heavy (non-hydrogen) atoms. The quantitative estimate of drug-likeness (QED) is 0.534. The number of rotatable bonds is 7. The van der Waals surface area contributed by atoms with Crippen molar-refractivity contribution >= 4 is 28.4 Å². The van der Waals surface area contributed by atoms with Gasteiger partial charge < -0.3 is 25.5 Å². The molecular formula is C19H25N5O5. The van der Waals surface area contributed by atoms with Crippen LogP contribution in [0.5, 0.6) is 0 Å². The predicted octanol–water partition coefficient (Wildman–Crippen LogP) is 0.883. The van der Waals surface area contributed by atoms with E-state index in [2.05, 4.69) is 20.6 Å². The van der Waals surface area contributed by atoms with Gasteiger partial charge in [0.05, 0.1) is 41.6 Å². The molecule has 4 N–H and O–H groups in total. The lowest BCUT2D eigenvalue weighted by Crippen LogP contribution is -2.40. The Morgan fingerprint density at radius 1 is 1.38 bits per heavy atom. The molecule has 4 rings (SSSR count). The third kappa shape index (κ3) is 3.22. The van der Waals surface area contributed by atoms with Crippen molar-refractivity contribution in [3.8, 4) is 0 Å². The number of aromatic nitrogens is 3. The van der Waals surface area contributed by atoms with Crippen LogP contribution in [0.1, 0.15) is 37.4 Å². The molecule has 2 aromatic heterocycles. The van der Waals surface area contributed by atoms with Crippen LogP contribution in [0.15, 0.2) is 11.4 Å². The average Bonchev–Trinajstić information content (AvgIpc) is 3.26. The molecule has 2 aromatic rings. The number of carboxylic acid groups (broad SMARTS) is 1. The second-order valence-corrected chi connectivity index (χ2v) is 7.80. The molecule has 0 spiro atoms. The van der Waals surface area contributed by atoms with Gasteiger partial charge in [-0.1, -0.05) is 5.16 Å². The molecular weight excluding hydrogens is 378 g/mol. The number of fused-ring (bicyclic) bond motifs is 1. The van der Waals surface area contributed by atoms with Crippen molar-refractivity contribution < 1.29 is 25.0 Å².